The number of nitrogens with one attached hydrogen (secondary N) is 1. The first kappa shape index (κ1) is 28.5. The minimum Gasteiger partial charge on any atom is -0.393 e. The monoisotopic (exact) mass is 501 g/mol. The average Bonchev–Trinajstić information content (AvgIpc) is 2.92. The van der Waals surface area contributed by atoms with E-state index in [1.807, 2.05) is 32.1 Å². The molecular weight excluding hydrogens is 458 g/mol. The molecule has 37 heavy (non-hydrogen) atoms. The Hall–Kier alpha value is -3.10. The summed E-state index contributed by atoms with van der Waals surface area (Å²) in [5, 5.41) is 25.0. The van der Waals surface area contributed by atoms with Gasteiger partial charge in [-0.3, -0.25) is 4.79 Å². The fourth-order valence-electron chi connectivity index (χ4n) is 5.62. The van der Waals surface area contributed by atoms with Crippen molar-refractivity contribution < 1.29 is 9.90 Å². The van der Waals surface area contributed by atoms with Crippen molar-refractivity contribution in [2.24, 2.45) is 17.8 Å². The number of fused-ring (bicyclic) bond motifs is 1. The number of amides is 1. The van der Waals surface area contributed by atoms with Gasteiger partial charge in [-0.2, -0.15) is 5.26 Å². The molecule has 4 unspecified atom stereocenters. The zero-order valence-electron chi connectivity index (χ0n) is 23.1. The Balaban J connectivity index is 1.70. The van der Waals surface area contributed by atoms with Gasteiger partial charge in [0.05, 0.1) is 6.10 Å². The number of aliphatic hydroxyl groups is 1. The molecule has 3 rings (SSSR count). The molecule has 2 aromatic carbocycles. The van der Waals surface area contributed by atoms with E-state index < -0.39 is 0 Å². The van der Waals surface area contributed by atoms with Gasteiger partial charge in [0.15, 0.2) is 0 Å². The molecule has 198 valence electrons. The molecule has 1 aliphatic rings. The first-order valence-electron chi connectivity index (χ1n) is 13.8. The van der Waals surface area contributed by atoms with Crippen LogP contribution in [0.15, 0.2) is 53.6 Å². The Morgan fingerprint density at radius 1 is 1.11 bits per heavy atom. The molecule has 1 aliphatic heterocycles. The lowest BCUT2D eigenvalue weighted by molar-refractivity contribution is -0.116. The number of anilines is 1. The molecule has 2 aromatic rings. The number of benzene rings is 2. The van der Waals surface area contributed by atoms with Gasteiger partial charge in [-0.15, -0.1) is 0 Å². The fourth-order valence-corrected chi connectivity index (χ4v) is 5.62. The molecule has 5 heteroatoms. The molecule has 2 N–H and O–H groups in total. The van der Waals surface area contributed by atoms with E-state index >= 15 is 0 Å². The average molecular weight is 502 g/mol. The molecular formula is C32H43N3O2. The summed E-state index contributed by atoms with van der Waals surface area (Å²) < 4.78 is 0. The lowest BCUT2D eigenvalue weighted by Gasteiger charge is -2.32. The van der Waals surface area contributed by atoms with E-state index in [1.165, 1.54) is 24.9 Å². The third kappa shape index (κ3) is 7.23. The maximum absolute atomic E-state index is 12.9. The smallest absolute Gasteiger partial charge is 0.262 e. The van der Waals surface area contributed by atoms with E-state index in [-0.39, 0.29) is 29.4 Å². The zero-order chi connectivity index (χ0) is 26.9. The van der Waals surface area contributed by atoms with Crippen molar-refractivity contribution in [3.8, 4) is 6.07 Å². The molecule has 0 aliphatic carbocycles. The number of allylic oxidation sites excluding steroid dienone is 1. The number of nitrogens with zero attached hydrogens (tertiary/aromatic N) is 2. The molecule has 0 saturated carbocycles. The second kappa shape index (κ2) is 13.4. The van der Waals surface area contributed by atoms with E-state index in [4.69, 9.17) is 0 Å². The fraction of sp³-hybridized carbons (Fsp3) is 0.500. The molecule has 0 aromatic heterocycles. The number of hydrogen-bond donors (Lipinski definition) is 2. The van der Waals surface area contributed by atoms with Crippen molar-refractivity contribution in [1.82, 2.24) is 5.32 Å². The van der Waals surface area contributed by atoms with Gasteiger partial charge in [-0.25, -0.2) is 0 Å². The predicted octanol–water partition coefficient (Wildman–Crippen LogP) is 6.48. The Kier molecular flexibility index (Phi) is 10.3. The van der Waals surface area contributed by atoms with Crippen LogP contribution in [0.4, 0.5) is 5.69 Å². The second-order valence-corrected chi connectivity index (χ2v) is 10.5. The Morgan fingerprint density at radius 2 is 1.78 bits per heavy atom. The molecule has 1 saturated heterocycles. The van der Waals surface area contributed by atoms with Gasteiger partial charge in [-0.05, 0) is 91.5 Å². The summed E-state index contributed by atoms with van der Waals surface area (Å²) in [5.74, 6) is 0.308. The third-order valence-electron chi connectivity index (χ3n) is 8.20. The first-order valence-corrected chi connectivity index (χ1v) is 13.8. The number of carbonyl (C=O) groups excluding carboxylic acids is 1. The summed E-state index contributed by atoms with van der Waals surface area (Å²) in [6.07, 6.45) is 8.07. The van der Waals surface area contributed by atoms with Crippen LogP contribution in [0.5, 0.6) is 0 Å². The molecule has 4 atom stereocenters. The van der Waals surface area contributed by atoms with Gasteiger partial charge in [0.2, 0.25) is 0 Å². The quantitative estimate of drug-likeness (QED) is 0.222. The minimum atomic E-state index is -0.383. The van der Waals surface area contributed by atoms with Gasteiger partial charge in [0, 0.05) is 25.3 Å². The number of hydrogen-bond acceptors (Lipinski definition) is 4. The van der Waals surface area contributed by atoms with Crippen LogP contribution in [0.25, 0.3) is 16.8 Å². The third-order valence-corrected chi connectivity index (χ3v) is 8.20. The van der Waals surface area contributed by atoms with Crippen molar-refractivity contribution in [1.29, 1.82) is 5.26 Å². The lowest BCUT2D eigenvalue weighted by Crippen LogP contribution is -2.33. The van der Waals surface area contributed by atoms with Crippen molar-refractivity contribution in [3.05, 3.63) is 59.2 Å². The summed E-state index contributed by atoms with van der Waals surface area (Å²) in [4.78, 5) is 15.4. The van der Waals surface area contributed by atoms with Crippen LogP contribution >= 0.6 is 0 Å². The van der Waals surface area contributed by atoms with Crippen LogP contribution in [0, 0.1) is 29.1 Å². The number of piperidine rings is 1. The highest BCUT2D eigenvalue weighted by atomic mass is 16.3. The van der Waals surface area contributed by atoms with Crippen LogP contribution in [0.3, 0.4) is 0 Å². The molecule has 1 fully saturated rings. The normalized spacial score (nSPS) is 18.1. The van der Waals surface area contributed by atoms with Crippen molar-refractivity contribution in [2.45, 2.75) is 66.4 Å². The topological polar surface area (TPSA) is 76.4 Å². The Labute approximate surface area is 222 Å². The molecule has 0 radical (unpaired) electrons. The Bertz CT molecular complexity index is 1170. The summed E-state index contributed by atoms with van der Waals surface area (Å²) in [5.41, 5.74) is 3.30. The highest BCUT2D eigenvalue weighted by Gasteiger charge is 2.27. The second-order valence-electron chi connectivity index (χ2n) is 10.5. The van der Waals surface area contributed by atoms with E-state index in [2.05, 4.69) is 61.3 Å². The van der Waals surface area contributed by atoms with Gasteiger partial charge in [0.25, 0.3) is 5.91 Å². The first-order chi connectivity index (χ1) is 17.8. The number of nitriles is 1. The molecule has 0 spiro atoms. The number of carbonyl (C=O) groups is 1. The van der Waals surface area contributed by atoms with E-state index in [1.54, 1.807) is 6.08 Å². The summed E-state index contributed by atoms with van der Waals surface area (Å²) in [7, 11) is 0. The predicted molar refractivity (Wildman–Crippen MR) is 154 cm³/mol. The van der Waals surface area contributed by atoms with Gasteiger partial charge in [0.1, 0.15) is 11.6 Å². The molecule has 1 amide bonds. The lowest BCUT2D eigenvalue weighted by atomic mass is 9.75. The zero-order valence-corrected chi connectivity index (χ0v) is 23.1. The summed E-state index contributed by atoms with van der Waals surface area (Å²) in [6.45, 7) is 12.8. The number of rotatable bonds is 10. The maximum atomic E-state index is 12.9. The molecule has 5 nitrogen and oxygen atoms in total. The van der Waals surface area contributed by atoms with Crippen LogP contribution < -0.4 is 10.2 Å². The Morgan fingerprint density at radius 3 is 2.41 bits per heavy atom. The van der Waals surface area contributed by atoms with Crippen LogP contribution in [0.1, 0.15) is 65.9 Å². The van der Waals surface area contributed by atoms with Crippen molar-refractivity contribution >= 4 is 28.4 Å². The highest BCUT2D eigenvalue weighted by Crippen LogP contribution is 2.31. The maximum Gasteiger partial charge on any atom is 0.262 e. The SMILES string of the molecule is C/C=C(/CNC(=O)/C(C#N)=C/c1ccc2cc(N3CCCCC3)ccc2c1)C(C)C(CC)C(C)C(C)O. The van der Waals surface area contributed by atoms with Crippen molar-refractivity contribution in [3.63, 3.8) is 0 Å². The molecule has 1 heterocycles. The number of aliphatic hydroxyl groups excluding tert-OH is 1. The van der Waals surface area contributed by atoms with Gasteiger partial charge in [-0.1, -0.05) is 57.0 Å². The van der Waals surface area contributed by atoms with Crippen LogP contribution in [0.2, 0.25) is 0 Å². The van der Waals surface area contributed by atoms with E-state index in [0.29, 0.717) is 12.5 Å². The summed E-state index contributed by atoms with van der Waals surface area (Å²) in [6, 6.07) is 14.7. The van der Waals surface area contributed by atoms with Crippen LogP contribution in [-0.4, -0.2) is 36.8 Å². The largest absolute Gasteiger partial charge is 0.393 e. The van der Waals surface area contributed by atoms with E-state index in [0.717, 1.165) is 41.4 Å². The summed E-state index contributed by atoms with van der Waals surface area (Å²) >= 11 is 0. The standard InChI is InChI=1S/C32H43N3O2/c1-6-26(23(4)31(7-2)22(3)24(5)36)21-34-32(37)29(20-33)18-25-11-12-28-19-30(14-13-27(28)17-25)35-15-9-8-10-16-35/h6,11-14,17-19,22-24,31,36H,7-10,15-16,21H2,1-5H3,(H,34,37)/b26-6-,29-18+. The van der Waals surface area contributed by atoms with Crippen molar-refractivity contribution in [2.75, 3.05) is 24.5 Å². The molecule has 0 bridgehead atoms. The van der Waals surface area contributed by atoms with E-state index in [9.17, 15) is 15.2 Å². The van der Waals surface area contributed by atoms with Gasteiger partial charge >= 0.3 is 0 Å². The highest BCUT2D eigenvalue weighted by molar-refractivity contribution is 6.02. The minimum absolute atomic E-state index is 0.0942. The van der Waals surface area contributed by atoms with Gasteiger partial charge < -0.3 is 15.3 Å². The van der Waals surface area contributed by atoms with Crippen LogP contribution in [-0.2, 0) is 4.79 Å².